The molecule has 0 unspecified atom stereocenters. The zero-order valence-electron chi connectivity index (χ0n) is 14.9. The van der Waals surface area contributed by atoms with Crippen molar-refractivity contribution < 1.29 is 4.74 Å². The van der Waals surface area contributed by atoms with Gasteiger partial charge in [-0.1, -0.05) is 0 Å². The van der Waals surface area contributed by atoms with Crippen LogP contribution >= 0.6 is 0 Å². The highest BCUT2D eigenvalue weighted by Gasteiger charge is 2.26. The van der Waals surface area contributed by atoms with Crippen LogP contribution in [-0.2, 0) is 0 Å². The van der Waals surface area contributed by atoms with Gasteiger partial charge < -0.3 is 9.64 Å². The van der Waals surface area contributed by atoms with E-state index in [2.05, 4.69) is 35.1 Å². The summed E-state index contributed by atoms with van der Waals surface area (Å²) in [5.41, 5.74) is 1.60. The van der Waals surface area contributed by atoms with Crippen molar-refractivity contribution in [3.63, 3.8) is 0 Å². The zero-order chi connectivity index (χ0) is 18.2. The molecule has 4 aromatic rings. The first kappa shape index (κ1) is 15.9. The molecule has 136 valence electrons. The van der Waals surface area contributed by atoms with Crippen LogP contribution in [0.25, 0.3) is 16.6 Å². The topological polar surface area (TPSA) is 94.2 Å². The average molecular weight is 362 g/mol. The Morgan fingerprint density at radius 1 is 1.07 bits per heavy atom. The second-order valence-electron chi connectivity index (χ2n) is 6.56. The Morgan fingerprint density at radius 2 is 1.96 bits per heavy atom. The minimum atomic E-state index is 0.297. The molecule has 0 saturated carbocycles. The van der Waals surface area contributed by atoms with Gasteiger partial charge in [0.2, 0.25) is 5.88 Å². The first-order chi connectivity index (χ1) is 13.3. The van der Waals surface area contributed by atoms with Gasteiger partial charge >= 0.3 is 0 Å². The lowest BCUT2D eigenvalue weighted by Gasteiger charge is -2.32. The molecule has 5 rings (SSSR count). The standard InChI is InChI=1S/C18H18N8O/c1-27-16-3-2-15-22-23-17(26(15)24-16)12-5-8-25(9-6-12)18-13-4-7-19-10-14(13)20-11-21-18/h2-4,7,10-12H,5-6,8-9H2,1H3. The summed E-state index contributed by atoms with van der Waals surface area (Å²) < 4.78 is 7.03. The molecule has 0 radical (unpaired) electrons. The lowest BCUT2D eigenvalue weighted by molar-refractivity contribution is 0.387. The molecule has 0 N–H and O–H groups in total. The first-order valence-corrected chi connectivity index (χ1v) is 8.89. The van der Waals surface area contributed by atoms with Crippen LogP contribution in [0.4, 0.5) is 5.82 Å². The highest BCUT2D eigenvalue weighted by atomic mass is 16.5. The quantitative estimate of drug-likeness (QED) is 0.545. The third-order valence-corrected chi connectivity index (χ3v) is 5.05. The number of hydrogen-bond donors (Lipinski definition) is 0. The number of fused-ring (bicyclic) bond motifs is 2. The van der Waals surface area contributed by atoms with E-state index in [0.717, 1.165) is 54.1 Å². The van der Waals surface area contributed by atoms with E-state index in [0.29, 0.717) is 11.8 Å². The minimum Gasteiger partial charge on any atom is -0.480 e. The largest absolute Gasteiger partial charge is 0.480 e. The monoisotopic (exact) mass is 362 g/mol. The number of anilines is 1. The van der Waals surface area contributed by atoms with Gasteiger partial charge in [-0.15, -0.1) is 15.3 Å². The zero-order valence-corrected chi connectivity index (χ0v) is 14.9. The number of rotatable bonds is 3. The van der Waals surface area contributed by atoms with E-state index in [1.165, 1.54) is 0 Å². The molecule has 27 heavy (non-hydrogen) atoms. The molecule has 9 nitrogen and oxygen atoms in total. The minimum absolute atomic E-state index is 0.297. The summed E-state index contributed by atoms with van der Waals surface area (Å²) in [5.74, 6) is 2.71. The van der Waals surface area contributed by atoms with E-state index in [4.69, 9.17) is 4.74 Å². The van der Waals surface area contributed by atoms with Gasteiger partial charge in [-0.2, -0.15) is 4.52 Å². The van der Waals surface area contributed by atoms with E-state index >= 15 is 0 Å². The fourth-order valence-corrected chi connectivity index (χ4v) is 3.65. The Bertz CT molecular complexity index is 1100. The SMILES string of the molecule is COc1ccc2nnc(C3CCN(c4ncnc5cnccc45)CC3)n2n1. The number of methoxy groups -OCH3 is 1. The van der Waals surface area contributed by atoms with Crippen molar-refractivity contribution in [2.75, 3.05) is 25.1 Å². The number of piperidine rings is 1. The molecule has 0 aliphatic carbocycles. The molecule has 1 fully saturated rings. The first-order valence-electron chi connectivity index (χ1n) is 8.89. The normalized spacial score (nSPS) is 15.5. The van der Waals surface area contributed by atoms with Gasteiger partial charge in [-0.05, 0) is 25.0 Å². The Balaban J connectivity index is 1.40. The van der Waals surface area contributed by atoms with Crippen molar-refractivity contribution in [3.05, 3.63) is 42.7 Å². The van der Waals surface area contributed by atoms with Crippen LogP contribution in [0.5, 0.6) is 5.88 Å². The van der Waals surface area contributed by atoms with Gasteiger partial charge in [0.25, 0.3) is 0 Å². The van der Waals surface area contributed by atoms with Crippen molar-refractivity contribution in [1.82, 2.24) is 34.8 Å². The van der Waals surface area contributed by atoms with E-state index < -0.39 is 0 Å². The predicted molar refractivity (Wildman–Crippen MR) is 98.9 cm³/mol. The number of aromatic nitrogens is 7. The highest BCUT2D eigenvalue weighted by molar-refractivity contribution is 5.88. The fraction of sp³-hybridized carbons (Fsp3) is 0.333. The van der Waals surface area contributed by atoms with Gasteiger partial charge in [0.05, 0.1) is 18.8 Å². The predicted octanol–water partition coefficient (Wildman–Crippen LogP) is 1.86. The molecule has 4 aromatic heterocycles. The van der Waals surface area contributed by atoms with E-state index in [-0.39, 0.29) is 0 Å². The average Bonchev–Trinajstić information content (AvgIpc) is 3.16. The third kappa shape index (κ3) is 2.71. The van der Waals surface area contributed by atoms with Crippen molar-refractivity contribution in [1.29, 1.82) is 0 Å². The summed E-state index contributed by atoms with van der Waals surface area (Å²) in [4.78, 5) is 15.3. The maximum Gasteiger partial charge on any atom is 0.231 e. The summed E-state index contributed by atoms with van der Waals surface area (Å²) in [6, 6.07) is 5.64. The molecule has 0 spiro atoms. The van der Waals surface area contributed by atoms with Gasteiger partial charge in [0.1, 0.15) is 12.1 Å². The molecule has 5 heterocycles. The molecule has 0 amide bonds. The van der Waals surface area contributed by atoms with Crippen LogP contribution in [0.1, 0.15) is 24.6 Å². The number of nitrogens with zero attached hydrogens (tertiary/aromatic N) is 8. The van der Waals surface area contributed by atoms with E-state index in [1.807, 2.05) is 12.1 Å². The van der Waals surface area contributed by atoms with Gasteiger partial charge in [0, 0.05) is 36.7 Å². The van der Waals surface area contributed by atoms with Crippen molar-refractivity contribution in [2.45, 2.75) is 18.8 Å². The van der Waals surface area contributed by atoms with Crippen LogP contribution < -0.4 is 9.64 Å². The maximum atomic E-state index is 5.23. The summed E-state index contributed by atoms with van der Waals surface area (Å²) in [6.07, 6.45) is 7.07. The second-order valence-corrected chi connectivity index (χ2v) is 6.56. The third-order valence-electron chi connectivity index (χ3n) is 5.05. The van der Waals surface area contributed by atoms with E-state index in [9.17, 15) is 0 Å². The highest BCUT2D eigenvalue weighted by Crippen LogP contribution is 2.31. The smallest absolute Gasteiger partial charge is 0.231 e. The number of ether oxygens (including phenoxy) is 1. The molecule has 1 saturated heterocycles. The molecular formula is C18H18N8O. The van der Waals surface area contributed by atoms with Crippen LogP contribution in [0.3, 0.4) is 0 Å². The molecule has 9 heteroatoms. The molecular weight excluding hydrogens is 344 g/mol. The molecule has 1 aliphatic heterocycles. The van der Waals surface area contributed by atoms with Gasteiger partial charge in [-0.3, -0.25) is 4.98 Å². The number of pyridine rings is 1. The van der Waals surface area contributed by atoms with Crippen LogP contribution in [0, 0.1) is 0 Å². The van der Waals surface area contributed by atoms with Crippen molar-refractivity contribution in [3.8, 4) is 5.88 Å². The summed E-state index contributed by atoms with van der Waals surface area (Å²) >= 11 is 0. The molecule has 0 atom stereocenters. The van der Waals surface area contributed by atoms with Crippen LogP contribution in [0.2, 0.25) is 0 Å². The summed E-state index contributed by atoms with van der Waals surface area (Å²) in [5, 5.41) is 14.1. The molecule has 0 aromatic carbocycles. The Hall–Kier alpha value is -3.36. The Labute approximate surface area is 155 Å². The van der Waals surface area contributed by atoms with Gasteiger partial charge in [-0.25, -0.2) is 9.97 Å². The van der Waals surface area contributed by atoms with Crippen LogP contribution in [-0.4, -0.2) is 55.0 Å². The second kappa shape index (κ2) is 6.42. The lowest BCUT2D eigenvalue weighted by Crippen LogP contribution is -2.34. The Morgan fingerprint density at radius 3 is 2.81 bits per heavy atom. The fourth-order valence-electron chi connectivity index (χ4n) is 3.65. The van der Waals surface area contributed by atoms with Crippen LogP contribution in [0.15, 0.2) is 36.9 Å². The van der Waals surface area contributed by atoms with E-state index in [1.54, 1.807) is 36.4 Å². The van der Waals surface area contributed by atoms with Gasteiger partial charge in [0.15, 0.2) is 11.5 Å². The van der Waals surface area contributed by atoms with Crippen molar-refractivity contribution in [2.24, 2.45) is 0 Å². The summed E-state index contributed by atoms with van der Waals surface area (Å²) in [6.45, 7) is 1.77. The molecule has 0 bridgehead atoms. The maximum absolute atomic E-state index is 5.23. The number of hydrogen-bond acceptors (Lipinski definition) is 8. The molecule has 1 aliphatic rings. The Kier molecular flexibility index (Phi) is 3.77. The lowest BCUT2D eigenvalue weighted by atomic mass is 9.96. The van der Waals surface area contributed by atoms with Crippen molar-refractivity contribution >= 4 is 22.4 Å². The summed E-state index contributed by atoms with van der Waals surface area (Å²) in [7, 11) is 1.61.